The van der Waals surface area contributed by atoms with E-state index in [0.29, 0.717) is 23.6 Å². The fourth-order valence-electron chi connectivity index (χ4n) is 3.26. The van der Waals surface area contributed by atoms with E-state index in [0.717, 1.165) is 29.7 Å². The molecule has 0 bridgehead atoms. The number of imidazole rings is 1. The molecule has 3 aromatic rings. The van der Waals surface area contributed by atoms with E-state index in [2.05, 4.69) is 20.6 Å². The van der Waals surface area contributed by atoms with Crippen LogP contribution in [-0.2, 0) is 11.2 Å². The van der Waals surface area contributed by atoms with Gasteiger partial charge in [0.25, 0.3) is 5.91 Å². The first-order valence-corrected chi connectivity index (χ1v) is 10.6. The number of rotatable bonds is 9. The van der Waals surface area contributed by atoms with E-state index >= 15 is 0 Å². The van der Waals surface area contributed by atoms with Gasteiger partial charge in [0.1, 0.15) is 11.9 Å². The number of hydrogen-bond donors (Lipinski definition) is 3. The molecule has 7 heteroatoms. The second-order valence-electron chi connectivity index (χ2n) is 7.76. The van der Waals surface area contributed by atoms with Gasteiger partial charge in [-0.3, -0.25) is 9.59 Å². The third-order valence-corrected chi connectivity index (χ3v) is 5.02. The van der Waals surface area contributed by atoms with Gasteiger partial charge in [0, 0.05) is 23.6 Å². The number of carbonyl (C=O) groups excluding carboxylic acids is 2. The summed E-state index contributed by atoms with van der Waals surface area (Å²) < 4.78 is 0. The first kappa shape index (κ1) is 21.8. The second-order valence-corrected chi connectivity index (χ2v) is 8.19. The van der Waals surface area contributed by atoms with Crippen LogP contribution in [0.5, 0.6) is 0 Å². The number of para-hydroxylation sites is 2. The Morgan fingerprint density at radius 2 is 1.83 bits per heavy atom. The lowest BCUT2D eigenvalue weighted by atomic mass is 10.0. The normalized spacial score (nSPS) is 12.1. The molecule has 0 spiro atoms. The van der Waals surface area contributed by atoms with Crippen LogP contribution in [0.25, 0.3) is 11.0 Å². The van der Waals surface area contributed by atoms with Gasteiger partial charge >= 0.3 is 0 Å². The fourth-order valence-corrected chi connectivity index (χ4v) is 3.39. The van der Waals surface area contributed by atoms with Crippen molar-refractivity contribution in [1.29, 1.82) is 0 Å². The number of benzene rings is 2. The van der Waals surface area contributed by atoms with Crippen LogP contribution in [0.1, 0.15) is 42.9 Å². The molecule has 1 unspecified atom stereocenters. The van der Waals surface area contributed by atoms with Crippen LogP contribution in [0, 0.1) is 5.92 Å². The SMILES string of the molecule is CC(C)CC(NC(=O)c1ccc(Cl)cc1)C(=O)NCCCc1nc2ccccc2[nH]1. The summed E-state index contributed by atoms with van der Waals surface area (Å²) in [4.78, 5) is 33.0. The zero-order valence-electron chi connectivity index (χ0n) is 17.2. The monoisotopic (exact) mass is 426 g/mol. The molecule has 3 N–H and O–H groups in total. The minimum Gasteiger partial charge on any atom is -0.354 e. The molecule has 1 heterocycles. The van der Waals surface area contributed by atoms with E-state index in [1.807, 2.05) is 38.1 Å². The summed E-state index contributed by atoms with van der Waals surface area (Å²) in [6.07, 6.45) is 2.06. The van der Waals surface area contributed by atoms with Gasteiger partial charge in [-0.15, -0.1) is 0 Å². The fraction of sp³-hybridized carbons (Fsp3) is 0.348. The zero-order chi connectivity index (χ0) is 21.5. The largest absolute Gasteiger partial charge is 0.354 e. The summed E-state index contributed by atoms with van der Waals surface area (Å²) in [5.41, 5.74) is 2.43. The molecule has 1 atom stereocenters. The van der Waals surface area contributed by atoms with E-state index in [1.165, 1.54) is 0 Å². The van der Waals surface area contributed by atoms with Gasteiger partial charge in [-0.25, -0.2) is 4.98 Å². The van der Waals surface area contributed by atoms with Crippen molar-refractivity contribution in [3.8, 4) is 0 Å². The molecule has 0 saturated heterocycles. The summed E-state index contributed by atoms with van der Waals surface area (Å²) in [6, 6.07) is 13.9. The van der Waals surface area contributed by atoms with Crippen molar-refractivity contribution in [2.75, 3.05) is 6.54 Å². The maximum absolute atomic E-state index is 12.7. The highest BCUT2D eigenvalue weighted by Gasteiger charge is 2.22. The average Bonchev–Trinajstić information content (AvgIpc) is 3.13. The highest BCUT2D eigenvalue weighted by Crippen LogP contribution is 2.12. The topological polar surface area (TPSA) is 86.9 Å². The molecule has 3 rings (SSSR count). The van der Waals surface area contributed by atoms with Crippen molar-refractivity contribution in [2.24, 2.45) is 5.92 Å². The second kappa shape index (κ2) is 10.3. The molecule has 0 radical (unpaired) electrons. The molecular formula is C23H27ClN4O2. The quantitative estimate of drug-likeness (QED) is 0.450. The van der Waals surface area contributed by atoms with Crippen LogP contribution in [0.15, 0.2) is 48.5 Å². The number of halogens is 1. The molecule has 6 nitrogen and oxygen atoms in total. The Morgan fingerprint density at radius 1 is 1.10 bits per heavy atom. The number of aryl methyl sites for hydroxylation is 1. The highest BCUT2D eigenvalue weighted by atomic mass is 35.5. The summed E-state index contributed by atoms with van der Waals surface area (Å²) in [6.45, 7) is 4.56. The van der Waals surface area contributed by atoms with Crippen LogP contribution in [-0.4, -0.2) is 34.4 Å². The number of amides is 2. The average molecular weight is 427 g/mol. The third-order valence-electron chi connectivity index (χ3n) is 4.76. The smallest absolute Gasteiger partial charge is 0.251 e. The van der Waals surface area contributed by atoms with Gasteiger partial charge in [-0.1, -0.05) is 37.6 Å². The maximum Gasteiger partial charge on any atom is 0.251 e. The minimum absolute atomic E-state index is 0.171. The van der Waals surface area contributed by atoms with Crippen LogP contribution in [0.2, 0.25) is 5.02 Å². The van der Waals surface area contributed by atoms with Crippen molar-refractivity contribution in [3.63, 3.8) is 0 Å². The molecule has 2 aromatic carbocycles. The summed E-state index contributed by atoms with van der Waals surface area (Å²) in [5, 5.41) is 6.35. The van der Waals surface area contributed by atoms with Crippen molar-refractivity contribution < 1.29 is 9.59 Å². The first-order chi connectivity index (χ1) is 14.4. The molecule has 1 aromatic heterocycles. The van der Waals surface area contributed by atoms with Gasteiger partial charge < -0.3 is 15.6 Å². The summed E-state index contributed by atoms with van der Waals surface area (Å²) >= 11 is 5.88. The van der Waals surface area contributed by atoms with Crippen molar-refractivity contribution >= 4 is 34.4 Å². The standard InChI is InChI=1S/C23H27ClN4O2/c1-15(2)14-20(28-22(29)16-9-11-17(24)12-10-16)23(30)25-13-5-8-21-26-18-6-3-4-7-19(18)27-21/h3-4,6-7,9-12,15,20H,5,8,13-14H2,1-2H3,(H,25,30)(H,26,27)(H,28,29). The Kier molecular flexibility index (Phi) is 7.46. The molecule has 0 aliphatic carbocycles. The zero-order valence-corrected chi connectivity index (χ0v) is 18.0. The molecular weight excluding hydrogens is 400 g/mol. The van der Waals surface area contributed by atoms with Crippen molar-refractivity contribution in [2.45, 2.75) is 39.2 Å². The third kappa shape index (κ3) is 6.07. The Morgan fingerprint density at radius 3 is 2.53 bits per heavy atom. The number of fused-ring (bicyclic) bond motifs is 1. The van der Waals surface area contributed by atoms with E-state index < -0.39 is 6.04 Å². The Bertz CT molecular complexity index is 965. The number of carbonyl (C=O) groups is 2. The van der Waals surface area contributed by atoms with Gasteiger partial charge in [0.15, 0.2) is 0 Å². The number of hydrogen-bond acceptors (Lipinski definition) is 3. The lowest BCUT2D eigenvalue weighted by molar-refractivity contribution is -0.123. The summed E-state index contributed by atoms with van der Waals surface area (Å²) in [7, 11) is 0. The lowest BCUT2D eigenvalue weighted by Gasteiger charge is -2.20. The molecule has 2 amide bonds. The minimum atomic E-state index is -0.584. The predicted molar refractivity (Wildman–Crippen MR) is 120 cm³/mol. The van der Waals surface area contributed by atoms with Crippen LogP contribution >= 0.6 is 11.6 Å². The van der Waals surface area contributed by atoms with Gasteiger partial charge in [0.2, 0.25) is 5.91 Å². The molecule has 0 fully saturated rings. The number of aromatic nitrogens is 2. The van der Waals surface area contributed by atoms with Crippen LogP contribution in [0.3, 0.4) is 0 Å². The molecule has 0 saturated carbocycles. The van der Waals surface area contributed by atoms with E-state index in [-0.39, 0.29) is 17.7 Å². The van der Waals surface area contributed by atoms with E-state index in [1.54, 1.807) is 24.3 Å². The molecule has 158 valence electrons. The maximum atomic E-state index is 12.7. The van der Waals surface area contributed by atoms with Crippen LogP contribution in [0.4, 0.5) is 0 Å². The Hall–Kier alpha value is -2.86. The lowest BCUT2D eigenvalue weighted by Crippen LogP contribution is -2.47. The van der Waals surface area contributed by atoms with E-state index in [4.69, 9.17) is 11.6 Å². The molecule has 0 aliphatic heterocycles. The molecule has 0 aliphatic rings. The van der Waals surface area contributed by atoms with Gasteiger partial charge in [0.05, 0.1) is 11.0 Å². The Balaban J connectivity index is 1.51. The molecule has 30 heavy (non-hydrogen) atoms. The van der Waals surface area contributed by atoms with Gasteiger partial charge in [-0.2, -0.15) is 0 Å². The number of aromatic amines is 1. The predicted octanol–water partition coefficient (Wildman–Crippen LogP) is 4.11. The first-order valence-electron chi connectivity index (χ1n) is 10.2. The summed E-state index contributed by atoms with van der Waals surface area (Å²) in [5.74, 6) is 0.715. The van der Waals surface area contributed by atoms with Crippen molar-refractivity contribution in [3.05, 3.63) is 64.9 Å². The Labute approximate surface area is 181 Å². The number of H-pyrrole nitrogens is 1. The number of nitrogens with one attached hydrogen (secondary N) is 3. The van der Waals surface area contributed by atoms with Crippen LogP contribution < -0.4 is 10.6 Å². The van der Waals surface area contributed by atoms with Crippen molar-refractivity contribution in [1.82, 2.24) is 20.6 Å². The van der Waals surface area contributed by atoms with Gasteiger partial charge in [-0.05, 0) is 55.2 Å². The van der Waals surface area contributed by atoms with E-state index in [9.17, 15) is 9.59 Å². The number of nitrogens with zero attached hydrogens (tertiary/aromatic N) is 1. The highest BCUT2D eigenvalue weighted by molar-refractivity contribution is 6.30.